The van der Waals surface area contributed by atoms with Crippen LogP contribution in [-0.2, 0) is 26.5 Å². The van der Waals surface area contributed by atoms with Crippen molar-refractivity contribution in [1.29, 1.82) is 0 Å². The van der Waals surface area contributed by atoms with Crippen LogP contribution in [0.25, 0.3) is 11.3 Å². The number of carbonyl (C=O) groups is 1. The summed E-state index contributed by atoms with van der Waals surface area (Å²) in [5, 5.41) is 2.98. The minimum absolute atomic E-state index is 0.0808. The number of pyridine rings is 1. The van der Waals surface area contributed by atoms with Crippen LogP contribution in [0.2, 0.25) is 0 Å². The molecule has 0 radical (unpaired) electrons. The van der Waals surface area contributed by atoms with Gasteiger partial charge < -0.3 is 10.1 Å². The van der Waals surface area contributed by atoms with Crippen LogP contribution in [0.5, 0.6) is 5.75 Å². The SMILES string of the molecule is COc1ccccc1C1(C(=O)Nc2cccc(-c3ccc(CCS(C)(=O)=O)cc3)n2)CC1. The van der Waals surface area contributed by atoms with E-state index in [1.54, 1.807) is 13.2 Å². The van der Waals surface area contributed by atoms with E-state index in [1.165, 1.54) is 6.26 Å². The molecule has 2 aromatic carbocycles. The first-order chi connectivity index (χ1) is 15.3. The molecule has 1 aliphatic rings. The third kappa shape index (κ3) is 4.83. The fourth-order valence-corrected chi connectivity index (χ4v) is 4.44. The number of para-hydroxylation sites is 1. The summed E-state index contributed by atoms with van der Waals surface area (Å²) in [6.45, 7) is 0. The summed E-state index contributed by atoms with van der Waals surface area (Å²) in [7, 11) is -1.38. The van der Waals surface area contributed by atoms with E-state index in [2.05, 4.69) is 10.3 Å². The van der Waals surface area contributed by atoms with Crippen molar-refractivity contribution in [3.05, 3.63) is 77.9 Å². The third-order valence-corrected chi connectivity index (χ3v) is 6.75. The Morgan fingerprint density at radius 3 is 2.41 bits per heavy atom. The van der Waals surface area contributed by atoms with E-state index >= 15 is 0 Å². The van der Waals surface area contributed by atoms with E-state index in [-0.39, 0.29) is 11.7 Å². The summed E-state index contributed by atoms with van der Waals surface area (Å²) >= 11 is 0. The van der Waals surface area contributed by atoms with Gasteiger partial charge in [0, 0.05) is 17.4 Å². The van der Waals surface area contributed by atoms with Gasteiger partial charge in [-0.3, -0.25) is 4.79 Å². The molecule has 0 spiro atoms. The minimum atomic E-state index is -2.99. The van der Waals surface area contributed by atoms with Crippen molar-refractivity contribution < 1.29 is 17.9 Å². The molecule has 1 aliphatic carbocycles. The van der Waals surface area contributed by atoms with Gasteiger partial charge in [0.25, 0.3) is 0 Å². The molecule has 6 nitrogen and oxygen atoms in total. The summed E-state index contributed by atoms with van der Waals surface area (Å²) in [5.41, 5.74) is 2.91. The van der Waals surface area contributed by atoms with Gasteiger partial charge in [0.1, 0.15) is 21.4 Å². The number of aryl methyl sites for hydroxylation is 1. The van der Waals surface area contributed by atoms with Crippen LogP contribution in [0.3, 0.4) is 0 Å². The van der Waals surface area contributed by atoms with Gasteiger partial charge in [-0.15, -0.1) is 0 Å². The molecule has 0 aliphatic heterocycles. The van der Waals surface area contributed by atoms with Crippen LogP contribution in [0.1, 0.15) is 24.0 Å². The highest BCUT2D eigenvalue weighted by Crippen LogP contribution is 2.51. The number of nitrogens with zero attached hydrogens (tertiary/aromatic N) is 1. The number of hydrogen-bond donors (Lipinski definition) is 1. The molecule has 0 bridgehead atoms. The molecule has 0 atom stereocenters. The standard InChI is InChI=1S/C25H26N2O4S/c1-31-22-8-4-3-6-20(22)25(15-16-25)24(28)27-23-9-5-7-21(26-23)19-12-10-18(11-13-19)14-17-32(2,29)30/h3-13H,14-17H2,1-2H3,(H,26,27,28). The Hall–Kier alpha value is -3.19. The normalized spacial score (nSPS) is 14.6. The predicted octanol–water partition coefficient (Wildman–Crippen LogP) is 4.01. The molecule has 3 aromatic rings. The molecule has 4 rings (SSSR count). The number of carbonyl (C=O) groups excluding carboxylic acids is 1. The average molecular weight is 451 g/mol. The molecular formula is C25H26N2O4S. The van der Waals surface area contributed by atoms with Crippen LogP contribution < -0.4 is 10.1 Å². The number of amides is 1. The summed E-state index contributed by atoms with van der Waals surface area (Å²) in [6.07, 6.45) is 3.26. The van der Waals surface area contributed by atoms with Gasteiger partial charge in [0.2, 0.25) is 5.91 Å². The second-order valence-corrected chi connectivity index (χ2v) is 10.5. The monoisotopic (exact) mass is 450 g/mol. The average Bonchev–Trinajstić information content (AvgIpc) is 3.60. The molecule has 1 saturated carbocycles. The number of rotatable bonds is 8. The van der Waals surface area contributed by atoms with E-state index in [0.717, 1.165) is 41.0 Å². The first-order valence-electron chi connectivity index (χ1n) is 10.5. The molecule has 0 saturated heterocycles. The van der Waals surface area contributed by atoms with Crippen LogP contribution in [0.4, 0.5) is 5.82 Å². The van der Waals surface area contributed by atoms with Crippen molar-refractivity contribution in [3.8, 4) is 17.0 Å². The van der Waals surface area contributed by atoms with Gasteiger partial charge in [-0.2, -0.15) is 0 Å². The van der Waals surface area contributed by atoms with E-state index in [1.807, 2.05) is 60.7 Å². The summed E-state index contributed by atoms with van der Waals surface area (Å²) in [4.78, 5) is 17.8. The Labute approximate surface area is 188 Å². The Balaban J connectivity index is 1.49. The maximum absolute atomic E-state index is 13.2. The van der Waals surface area contributed by atoms with Gasteiger partial charge in [0.15, 0.2) is 0 Å². The molecule has 32 heavy (non-hydrogen) atoms. The number of ether oxygens (including phenoxy) is 1. The highest BCUT2D eigenvalue weighted by Gasteiger charge is 2.52. The topological polar surface area (TPSA) is 85.4 Å². The molecule has 1 aromatic heterocycles. The highest BCUT2D eigenvalue weighted by molar-refractivity contribution is 7.90. The lowest BCUT2D eigenvalue weighted by atomic mass is 9.94. The van der Waals surface area contributed by atoms with E-state index in [9.17, 15) is 13.2 Å². The molecule has 0 unspecified atom stereocenters. The Bertz CT molecular complexity index is 1230. The van der Waals surface area contributed by atoms with Crippen molar-refractivity contribution in [2.45, 2.75) is 24.7 Å². The van der Waals surface area contributed by atoms with Gasteiger partial charge in [-0.1, -0.05) is 48.5 Å². The Morgan fingerprint density at radius 1 is 1.03 bits per heavy atom. The van der Waals surface area contributed by atoms with Crippen molar-refractivity contribution >= 4 is 21.6 Å². The first kappa shape index (κ1) is 22.0. The number of aromatic nitrogens is 1. The van der Waals surface area contributed by atoms with Crippen molar-refractivity contribution in [1.82, 2.24) is 4.98 Å². The summed E-state index contributed by atoms with van der Waals surface area (Å²) < 4.78 is 28.2. The maximum atomic E-state index is 13.2. The molecule has 1 heterocycles. The van der Waals surface area contributed by atoms with Crippen LogP contribution in [0, 0.1) is 0 Å². The van der Waals surface area contributed by atoms with Gasteiger partial charge in [0.05, 0.1) is 24.0 Å². The number of hydrogen-bond acceptors (Lipinski definition) is 5. The summed E-state index contributed by atoms with van der Waals surface area (Å²) in [6, 6.07) is 20.8. The largest absolute Gasteiger partial charge is 0.496 e. The first-order valence-corrected chi connectivity index (χ1v) is 12.6. The number of methoxy groups -OCH3 is 1. The zero-order valence-electron chi connectivity index (χ0n) is 18.2. The van der Waals surface area contributed by atoms with Gasteiger partial charge >= 0.3 is 0 Å². The van der Waals surface area contributed by atoms with Crippen molar-refractivity contribution in [2.24, 2.45) is 0 Å². The van der Waals surface area contributed by atoms with E-state index < -0.39 is 15.3 Å². The molecule has 1 amide bonds. The van der Waals surface area contributed by atoms with Crippen molar-refractivity contribution in [2.75, 3.05) is 24.4 Å². The number of sulfone groups is 1. The zero-order chi connectivity index (χ0) is 22.8. The number of anilines is 1. The van der Waals surface area contributed by atoms with E-state index in [0.29, 0.717) is 12.2 Å². The second kappa shape index (κ2) is 8.74. The highest BCUT2D eigenvalue weighted by atomic mass is 32.2. The lowest BCUT2D eigenvalue weighted by molar-refractivity contribution is -0.118. The van der Waals surface area contributed by atoms with E-state index in [4.69, 9.17) is 4.74 Å². The number of benzene rings is 2. The summed E-state index contributed by atoms with van der Waals surface area (Å²) in [5.74, 6) is 1.26. The smallest absolute Gasteiger partial charge is 0.236 e. The third-order valence-electron chi connectivity index (χ3n) is 5.81. The van der Waals surface area contributed by atoms with Crippen LogP contribution >= 0.6 is 0 Å². The second-order valence-electron chi connectivity index (χ2n) is 8.22. The fraction of sp³-hybridized carbons (Fsp3) is 0.280. The fourth-order valence-electron chi connectivity index (χ4n) is 3.83. The predicted molar refractivity (Wildman–Crippen MR) is 126 cm³/mol. The lowest BCUT2D eigenvalue weighted by Gasteiger charge is -2.18. The Kier molecular flexibility index (Phi) is 6.02. The van der Waals surface area contributed by atoms with Crippen molar-refractivity contribution in [3.63, 3.8) is 0 Å². The van der Waals surface area contributed by atoms with Gasteiger partial charge in [-0.25, -0.2) is 13.4 Å². The molecule has 1 fully saturated rings. The van der Waals surface area contributed by atoms with Gasteiger partial charge in [-0.05, 0) is 43.0 Å². The molecule has 7 heteroatoms. The Morgan fingerprint density at radius 2 is 1.75 bits per heavy atom. The zero-order valence-corrected chi connectivity index (χ0v) is 19.0. The maximum Gasteiger partial charge on any atom is 0.236 e. The lowest BCUT2D eigenvalue weighted by Crippen LogP contribution is -2.28. The molecule has 166 valence electrons. The van der Waals surface area contributed by atoms with Crippen LogP contribution in [-0.4, -0.2) is 38.4 Å². The van der Waals surface area contributed by atoms with Crippen LogP contribution in [0.15, 0.2) is 66.7 Å². The quantitative estimate of drug-likeness (QED) is 0.560. The minimum Gasteiger partial charge on any atom is -0.496 e. The molecular weight excluding hydrogens is 424 g/mol. The number of nitrogens with one attached hydrogen (secondary N) is 1. The molecule has 1 N–H and O–H groups in total.